The first kappa shape index (κ1) is 37.4. The van der Waals surface area contributed by atoms with Crippen LogP contribution in [0.2, 0.25) is 0 Å². The molecule has 51 heavy (non-hydrogen) atoms. The molecule has 0 aromatic heterocycles. The molecule has 14 N–H and O–H groups in total. The highest BCUT2D eigenvalue weighted by Crippen LogP contribution is 2.55. The second-order valence-corrected chi connectivity index (χ2v) is 15.2. The Kier molecular flexibility index (Phi) is 10.1. The number of ether oxygens (including phenoxy) is 1. The van der Waals surface area contributed by atoms with Crippen molar-refractivity contribution in [3.63, 3.8) is 0 Å². The van der Waals surface area contributed by atoms with Crippen LogP contribution in [-0.4, -0.2) is 64.2 Å². The number of phenols is 2. The number of azo groups is 2. The Morgan fingerprint density at radius 3 is 1.90 bits per heavy atom. The third-order valence-corrected chi connectivity index (χ3v) is 9.73. The Morgan fingerprint density at radius 1 is 0.706 bits per heavy atom. The molecule has 0 saturated heterocycles. The fraction of sp³-hybridized carbons (Fsp3) is 0.0690. The summed E-state index contributed by atoms with van der Waals surface area (Å²) in [6, 6.07) is 11.8. The number of nitrogen functional groups attached to an aromatic ring is 1. The summed E-state index contributed by atoms with van der Waals surface area (Å²) in [6.45, 7) is 1.17. The van der Waals surface area contributed by atoms with Gasteiger partial charge in [-0.2, -0.15) is 0 Å². The Labute approximate surface area is 292 Å². The van der Waals surface area contributed by atoms with Crippen molar-refractivity contribution in [1.82, 2.24) is 0 Å². The van der Waals surface area contributed by atoms with Gasteiger partial charge in [-0.05, 0) is 59.3 Å². The zero-order chi connectivity index (χ0) is 37.6. The van der Waals surface area contributed by atoms with Gasteiger partial charge in [0.2, 0.25) is 5.91 Å². The lowest BCUT2D eigenvalue weighted by molar-refractivity contribution is -0.114. The first-order chi connectivity index (χ1) is 23.7. The summed E-state index contributed by atoms with van der Waals surface area (Å²) in [5, 5.41) is 40.6. The molecule has 19 nitrogen and oxygen atoms in total. The standard InChI is InChI=1S/C29H30N6O13S3/c1-13(36)31-20-11-22(33-35-28-26(51(45,46)47)7-14-3-4-16(30)8-19(14)29(28)38)25(48-2)12-21(20)32-34-23-9-17(49(39,40)41)5-15-6-18(50(42,43)44)10-24(37)27(15)23/h3-12,37-47H,30H2,1-2H3,(H,31,36). The van der Waals surface area contributed by atoms with Crippen LogP contribution in [0.25, 0.3) is 21.5 Å². The molecule has 0 radical (unpaired) electrons. The Balaban J connectivity index is 1.67. The molecular formula is C29H30N6O13S3. The molecule has 5 aromatic rings. The number of anilines is 2. The predicted molar refractivity (Wildman–Crippen MR) is 193 cm³/mol. The number of carbonyl (C=O) groups is 1. The zero-order valence-electron chi connectivity index (χ0n) is 26.1. The van der Waals surface area contributed by atoms with Crippen molar-refractivity contribution in [3.8, 4) is 17.2 Å². The number of nitrogens with zero attached hydrogens (tertiary/aromatic N) is 4. The largest absolute Gasteiger partial charge is 0.507 e. The van der Waals surface area contributed by atoms with E-state index in [1.165, 1.54) is 50.4 Å². The molecule has 22 heteroatoms. The van der Waals surface area contributed by atoms with Crippen molar-refractivity contribution in [2.24, 2.45) is 20.5 Å². The van der Waals surface area contributed by atoms with Gasteiger partial charge in [0.05, 0.1) is 38.6 Å². The molecule has 1 amide bonds. The third-order valence-electron chi connectivity index (χ3n) is 7.09. The SMILES string of the molecule is COc1cc(N=Nc2cc(S(O)(O)O)cc3cc(S(O)(O)O)cc(O)c23)c(NC(C)=O)cc1N=Nc1c(S(O)(O)O)cc2ccc(N)cc2c1O. The van der Waals surface area contributed by atoms with E-state index in [0.29, 0.717) is 5.39 Å². The monoisotopic (exact) mass is 766 g/mol. The maximum atomic E-state index is 12.2. The van der Waals surface area contributed by atoms with Crippen LogP contribution >= 0.6 is 32.6 Å². The third kappa shape index (κ3) is 8.07. The van der Waals surface area contributed by atoms with Crippen molar-refractivity contribution in [3.05, 3.63) is 60.7 Å². The number of rotatable bonds is 9. The fourth-order valence-electron chi connectivity index (χ4n) is 4.86. The average Bonchev–Trinajstić information content (AvgIpc) is 3.01. The smallest absolute Gasteiger partial charge is 0.221 e. The predicted octanol–water partition coefficient (Wildman–Crippen LogP) is 9.53. The average molecular weight is 767 g/mol. The van der Waals surface area contributed by atoms with Crippen LogP contribution in [0.3, 0.4) is 0 Å². The highest BCUT2D eigenvalue weighted by molar-refractivity contribution is 8.20. The lowest BCUT2D eigenvalue weighted by Crippen LogP contribution is -2.06. The normalized spacial score (nSPS) is 13.7. The number of fused-ring (bicyclic) bond motifs is 2. The van der Waals surface area contributed by atoms with Crippen molar-refractivity contribution in [2.75, 3.05) is 18.2 Å². The van der Waals surface area contributed by atoms with Gasteiger partial charge in [-0.1, -0.05) is 6.07 Å². The van der Waals surface area contributed by atoms with E-state index in [2.05, 4.69) is 25.8 Å². The van der Waals surface area contributed by atoms with Crippen molar-refractivity contribution in [2.45, 2.75) is 21.6 Å². The minimum absolute atomic E-state index is 0.0594. The van der Waals surface area contributed by atoms with E-state index in [0.717, 1.165) is 24.3 Å². The molecular weight excluding hydrogens is 737 g/mol. The van der Waals surface area contributed by atoms with Gasteiger partial charge in [-0.25, -0.2) is 0 Å². The lowest BCUT2D eigenvalue weighted by atomic mass is 10.1. The number of carbonyl (C=O) groups excluding carboxylic acids is 1. The van der Waals surface area contributed by atoms with Crippen LogP contribution in [0.4, 0.5) is 34.1 Å². The Bertz CT molecular complexity index is 2260. The van der Waals surface area contributed by atoms with Crippen LogP contribution in [0.5, 0.6) is 17.2 Å². The van der Waals surface area contributed by atoms with Crippen LogP contribution in [-0.2, 0) is 4.79 Å². The molecule has 5 rings (SSSR count). The number of methoxy groups -OCH3 is 1. The van der Waals surface area contributed by atoms with Gasteiger partial charge in [0.1, 0.15) is 61.2 Å². The summed E-state index contributed by atoms with van der Waals surface area (Å²) >= 11 is 0. The summed E-state index contributed by atoms with van der Waals surface area (Å²) in [5.41, 5.74) is 5.03. The van der Waals surface area contributed by atoms with Gasteiger partial charge in [0, 0.05) is 24.1 Å². The minimum atomic E-state index is -4.44. The number of nitrogens with one attached hydrogen (secondary N) is 1. The summed E-state index contributed by atoms with van der Waals surface area (Å²) in [5.74, 6) is -1.88. The van der Waals surface area contributed by atoms with Gasteiger partial charge >= 0.3 is 0 Å². The van der Waals surface area contributed by atoms with Gasteiger partial charge < -0.3 is 67.0 Å². The van der Waals surface area contributed by atoms with Crippen molar-refractivity contribution in [1.29, 1.82) is 0 Å². The quantitative estimate of drug-likeness (QED) is 0.0490. The van der Waals surface area contributed by atoms with Gasteiger partial charge in [-0.3, -0.25) is 4.79 Å². The van der Waals surface area contributed by atoms with Gasteiger partial charge in [0.15, 0.2) is 5.75 Å². The number of hydrogen-bond donors (Lipinski definition) is 13. The maximum absolute atomic E-state index is 12.2. The number of amides is 1. The van der Waals surface area contributed by atoms with Crippen molar-refractivity contribution >= 4 is 94.2 Å². The van der Waals surface area contributed by atoms with Gasteiger partial charge in [-0.15, -0.1) is 20.5 Å². The molecule has 0 bridgehead atoms. The molecule has 0 unspecified atom stereocenters. The maximum Gasteiger partial charge on any atom is 0.221 e. The lowest BCUT2D eigenvalue weighted by Gasteiger charge is -2.22. The molecule has 0 spiro atoms. The van der Waals surface area contributed by atoms with Gasteiger partial charge in [0.25, 0.3) is 0 Å². The van der Waals surface area contributed by atoms with Crippen LogP contribution in [0.15, 0.2) is 95.8 Å². The number of aromatic hydroxyl groups is 2. The molecule has 5 aromatic carbocycles. The van der Waals surface area contributed by atoms with Crippen LogP contribution in [0, 0.1) is 0 Å². The second kappa shape index (κ2) is 13.7. The zero-order valence-corrected chi connectivity index (χ0v) is 28.5. The summed E-state index contributed by atoms with van der Waals surface area (Å²) in [7, 11) is -11.9. The van der Waals surface area contributed by atoms with Crippen LogP contribution < -0.4 is 15.8 Å². The van der Waals surface area contributed by atoms with E-state index in [1.807, 2.05) is 0 Å². The van der Waals surface area contributed by atoms with E-state index in [9.17, 15) is 56.0 Å². The molecule has 0 aliphatic heterocycles. The summed E-state index contributed by atoms with van der Waals surface area (Å²) < 4.78 is 94.7. The van der Waals surface area contributed by atoms with E-state index >= 15 is 0 Å². The Hall–Kier alpha value is -4.82. The minimum Gasteiger partial charge on any atom is -0.507 e. The Morgan fingerprint density at radius 2 is 1.31 bits per heavy atom. The number of nitrogens with two attached hydrogens (primary N) is 1. The number of hydrogen-bond acceptors (Lipinski definition) is 18. The van der Waals surface area contributed by atoms with E-state index in [4.69, 9.17) is 10.5 Å². The highest BCUT2D eigenvalue weighted by Gasteiger charge is 2.26. The molecule has 0 heterocycles. The molecule has 0 fully saturated rings. The van der Waals surface area contributed by atoms with Crippen LogP contribution in [0.1, 0.15) is 6.92 Å². The van der Waals surface area contributed by atoms with Crippen molar-refractivity contribution < 1.29 is 60.7 Å². The molecule has 0 aliphatic rings. The highest BCUT2D eigenvalue weighted by atomic mass is 32.3. The first-order valence-corrected chi connectivity index (χ1v) is 18.4. The molecule has 0 saturated carbocycles. The van der Waals surface area contributed by atoms with E-state index in [-0.39, 0.29) is 50.3 Å². The fourth-order valence-corrected chi connectivity index (χ4v) is 6.65. The van der Waals surface area contributed by atoms with E-state index in [1.54, 1.807) is 0 Å². The van der Waals surface area contributed by atoms with E-state index < -0.39 is 70.4 Å². The summed E-state index contributed by atoms with van der Waals surface area (Å²) in [6.07, 6.45) is 0. The molecule has 0 atom stereocenters. The number of phenolic OH excluding ortho intramolecular Hbond substituents is 2. The second-order valence-electron chi connectivity index (χ2n) is 10.7. The number of benzene rings is 5. The topological polar surface area (TPSA) is 336 Å². The summed E-state index contributed by atoms with van der Waals surface area (Å²) in [4.78, 5) is 10.6. The molecule has 0 aliphatic carbocycles. The first-order valence-electron chi connectivity index (χ1n) is 13.9. The molecule has 272 valence electrons.